The average molecular weight is 459 g/mol. The minimum atomic E-state index is -3.72. The Morgan fingerprint density at radius 2 is 1.65 bits per heavy atom. The number of amides is 1. The number of carbonyl (C=O) groups excluding carboxylic acids is 2. The first-order valence-corrected chi connectivity index (χ1v) is 11.6. The molecule has 0 fully saturated rings. The quantitative estimate of drug-likeness (QED) is 0.437. The van der Waals surface area contributed by atoms with Crippen molar-refractivity contribution in [2.75, 3.05) is 16.7 Å². The normalized spacial score (nSPS) is 11.1. The van der Waals surface area contributed by atoms with Crippen molar-refractivity contribution in [3.8, 4) is 5.75 Å². The van der Waals surface area contributed by atoms with Gasteiger partial charge in [0.15, 0.2) is 0 Å². The second-order valence-corrected chi connectivity index (χ2v) is 10.0. The van der Waals surface area contributed by atoms with Crippen LogP contribution in [0.5, 0.6) is 5.75 Å². The number of ether oxygens (including phenoxy) is 1. The van der Waals surface area contributed by atoms with E-state index >= 15 is 0 Å². The van der Waals surface area contributed by atoms with Crippen molar-refractivity contribution in [3.63, 3.8) is 0 Å². The molecule has 0 aliphatic rings. The molecule has 1 amide bonds. The third kappa shape index (κ3) is 5.12. The molecule has 0 atom stereocenters. The van der Waals surface area contributed by atoms with Crippen LogP contribution in [0.3, 0.4) is 0 Å². The number of nitrogens with one attached hydrogen (secondary N) is 1. The number of nitrogens with zero attached hydrogens (tertiary/aromatic N) is 1. The van der Waals surface area contributed by atoms with Gasteiger partial charge >= 0.3 is 5.97 Å². The molecule has 1 heterocycles. The van der Waals surface area contributed by atoms with Crippen molar-refractivity contribution in [3.05, 3.63) is 70.6 Å². The van der Waals surface area contributed by atoms with E-state index in [9.17, 15) is 18.0 Å². The number of hydrogen-bond donors (Lipinski definition) is 1. The summed E-state index contributed by atoms with van der Waals surface area (Å²) in [5.74, 6) is -0.511. The Morgan fingerprint density at radius 1 is 0.968 bits per heavy atom. The van der Waals surface area contributed by atoms with Gasteiger partial charge in [-0.25, -0.2) is 13.2 Å². The van der Waals surface area contributed by atoms with Crippen molar-refractivity contribution >= 4 is 43.9 Å². The minimum absolute atomic E-state index is 0.210. The van der Waals surface area contributed by atoms with Crippen LogP contribution in [0.15, 0.2) is 59.5 Å². The van der Waals surface area contributed by atoms with Crippen molar-refractivity contribution in [1.29, 1.82) is 0 Å². The smallest absolute Gasteiger partial charge is 0.353 e. The molecule has 0 saturated carbocycles. The first-order chi connectivity index (χ1) is 14.6. The molecule has 0 saturated heterocycles. The van der Waals surface area contributed by atoms with Gasteiger partial charge in [-0.2, -0.15) is 0 Å². The van der Waals surface area contributed by atoms with E-state index in [1.807, 2.05) is 13.8 Å². The molecule has 1 N–H and O–H groups in total. The summed E-state index contributed by atoms with van der Waals surface area (Å²) in [4.78, 5) is 23.9. The van der Waals surface area contributed by atoms with E-state index in [4.69, 9.17) is 4.74 Å². The number of hydrogen-bond acceptors (Lipinski definition) is 6. The van der Waals surface area contributed by atoms with Gasteiger partial charge in [-0.05, 0) is 73.5 Å². The van der Waals surface area contributed by atoms with Crippen LogP contribution in [0.4, 0.5) is 10.7 Å². The lowest BCUT2D eigenvalue weighted by molar-refractivity contribution is -0.114. The molecule has 3 aromatic rings. The maximum atomic E-state index is 12.9. The van der Waals surface area contributed by atoms with E-state index < -0.39 is 16.0 Å². The van der Waals surface area contributed by atoms with Crippen LogP contribution in [-0.2, 0) is 14.8 Å². The standard InChI is InChI=1S/C22H22N2O5S2/c1-14-5-10-19(13-15(14)2)31(27,28)24(4)17-6-8-18(9-7-17)29-22(26)20-11-12-21(30-20)23-16(3)25/h5-13H,1-4H3,(H,23,25). The van der Waals surface area contributed by atoms with Gasteiger partial charge in [-0.15, -0.1) is 11.3 Å². The summed E-state index contributed by atoms with van der Waals surface area (Å²) in [5.41, 5.74) is 2.34. The summed E-state index contributed by atoms with van der Waals surface area (Å²) in [7, 11) is -2.25. The maximum absolute atomic E-state index is 12.9. The van der Waals surface area contributed by atoms with E-state index in [0.717, 1.165) is 22.5 Å². The van der Waals surface area contributed by atoms with E-state index in [2.05, 4.69) is 5.32 Å². The third-order valence-corrected chi connectivity index (χ3v) is 7.42. The number of aryl methyl sites for hydroxylation is 2. The SMILES string of the molecule is CC(=O)Nc1ccc(C(=O)Oc2ccc(N(C)S(=O)(=O)c3ccc(C)c(C)c3)cc2)s1. The topological polar surface area (TPSA) is 92.8 Å². The molecular weight excluding hydrogens is 436 g/mol. The lowest BCUT2D eigenvalue weighted by Gasteiger charge is -2.20. The Kier molecular flexibility index (Phi) is 6.47. The Labute approximate surface area is 185 Å². The van der Waals surface area contributed by atoms with Crippen LogP contribution in [0, 0.1) is 13.8 Å². The van der Waals surface area contributed by atoms with Crippen molar-refractivity contribution in [2.24, 2.45) is 0 Å². The number of anilines is 2. The van der Waals surface area contributed by atoms with E-state index in [1.165, 1.54) is 30.4 Å². The molecule has 9 heteroatoms. The van der Waals surface area contributed by atoms with Gasteiger partial charge in [0.25, 0.3) is 10.0 Å². The van der Waals surface area contributed by atoms with E-state index in [-0.39, 0.29) is 16.6 Å². The largest absolute Gasteiger partial charge is 0.422 e. The fourth-order valence-corrected chi connectivity index (χ4v) is 4.85. The number of thiophene rings is 1. The van der Waals surface area contributed by atoms with Crippen molar-refractivity contribution < 1.29 is 22.7 Å². The van der Waals surface area contributed by atoms with Crippen molar-refractivity contribution in [1.82, 2.24) is 0 Å². The zero-order chi connectivity index (χ0) is 22.8. The molecule has 0 unspecified atom stereocenters. The lowest BCUT2D eigenvalue weighted by atomic mass is 10.1. The predicted molar refractivity (Wildman–Crippen MR) is 122 cm³/mol. The summed E-state index contributed by atoms with van der Waals surface area (Å²) in [6.45, 7) is 5.17. The highest BCUT2D eigenvalue weighted by Gasteiger charge is 2.22. The highest BCUT2D eigenvalue weighted by atomic mass is 32.2. The van der Waals surface area contributed by atoms with Crippen LogP contribution < -0.4 is 14.4 Å². The summed E-state index contributed by atoms with van der Waals surface area (Å²) in [6, 6.07) is 14.4. The van der Waals surface area contributed by atoms with Crippen LogP contribution >= 0.6 is 11.3 Å². The molecule has 3 rings (SSSR count). The van der Waals surface area contributed by atoms with Crippen LogP contribution in [0.2, 0.25) is 0 Å². The lowest BCUT2D eigenvalue weighted by Crippen LogP contribution is -2.26. The number of rotatable bonds is 6. The molecule has 31 heavy (non-hydrogen) atoms. The predicted octanol–water partition coefficient (Wildman–Crippen LogP) is 4.37. The van der Waals surface area contributed by atoms with Crippen LogP contribution in [-0.4, -0.2) is 27.3 Å². The van der Waals surface area contributed by atoms with Crippen molar-refractivity contribution in [2.45, 2.75) is 25.7 Å². The fraction of sp³-hybridized carbons (Fsp3) is 0.182. The molecule has 0 aliphatic carbocycles. The zero-order valence-corrected chi connectivity index (χ0v) is 19.1. The van der Waals surface area contributed by atoms with E-state index in [0.29, 0.717) is 15.6 Å². The molecule has 0 spiro atoms. The summed E-state index contributed by atoms with van der Waals surface area (Å²) >= 11 is 1.11. The zero-order valence-electron chi connectivity index (χ0n) is 17.5. The highest BCUT2D eigenvalue weighted by Crippen LogP contribution is 2.27. The summed E-state index contributed by atoms with van der Waals surface area (Å²) < 4.78 is 32.4. The summed E-state index contributed by atoms with van der Waals surface area (Å²) in [6.07, 6.45) is 0. The molecule has 0 bridgehead atoms. The highest BCUT2D eigenvalue weighted by molar-refractivity contribution is 7.92. The van der Waals surface area contributed by atoms with Gasteiger partial charge in [0.1, 0.15) is 10.6 Å². The number of benzene rings is 2. The van der Waals surface area contributed by atoms with Gasteiger partial charge in [0, 0.05) is 14.0 Å². The molecule has 0 aliphatic heterocycles. The molecule has 7 nitrogen and oxygen atoms in total. The van der Waals surface area contributed by atoms with Gasteiger partial charge in [0.2, 0.25) is 5.91 Å². The van der Waals surface area contributed by atoms with Gasteiger partial charge < -0.3 is 10.1 Å². The first-order valence-electron chi connectivity index (χ1n) is 9.34. The van der Waals surface area contributed by atoms with Gasteiger partial charge in [0.05, 0.1) is 15.6 Å². The van der Waals surface area contributed by atoms with Crippen LogP contribution in [0.25, 0.3) is 0 Å². The number of esters is 1. The molecule has 0 radical (unpaired) electrons. The summed E-state index contributed by atoms with van der Waals surface area (Å²) in [5, 5.41) is 3.16. The maximum Gasteiger partial charge on any atom is 0.353 e. The Bertz CT molecular complexity index is 1230. The Balaban J connectivity index is 1.73. The monoisotopic (exact) mass is 458 g/mol. The second kappa shape index (κ2) is 8.91. The molecule has 162 valence electrons. The van der Waals surface area contributed by atoms with Gasteiger partial charge in [-0.3, -0.25) is 9.10 Å². The number of sulfonamides is 1. The third-order valence-electron chi connectivity index (χ3n) is 4.65. The first kappa shape index (κ1) is 22.5. The average Bonchev–Trinajstić information content (AvgIpc) is 3.18. The molecule has 1 aromatic heterocycles. The Hall–Kier alpha value is -3.17. The number of carbonyl (C=O) groups is 2. The Morgan fingerprint density at radius 3 is 2.26 bits per heavy atom. The minimum Gasteiger partial charge on any atom is -0.422 e. The fourth-order valence-electron chi connectivity index (χ4n) is 2.74. The molecule has 2 aromatic carbocycles. The van der Waals surface area contributed by atoms with E-state index in [1.54, 1.807) is 42.5 Å². The molecular formula is C22H22N2O5S2. The van der Waals surface area contributed by atoms with Gasteiger partial charge in [-0.1, -0.05) is 6.07 Å². The van der Waals surface area contributed by atoms with Crippen LogP contribution in [0.1, 0.15) is 27.7 Å². The second-order valence-electron chi connectivity index (χ2n) is 6.95.